The van der Waals surface area contributed by atoms with E-state index in [9.17, 15) is 4.79 Å². The van der Waals surface area contributed by atoms with E-state index in [-0.39, 0.29) is 18.7 Å². The van der Waals surface area contributed by atoms with Crippen molar-refractivity contribution in [1.82, 2.24) is 19.8 Å². The van der Waals surface area contributed by atoms with Crippen molar-refractivity contribution >= 4 is 28.4 Å². The minimum absolute atomic E-state index is 0.204. The number of nitrogens with zero attached hydrogens (tertiary/aromatic N) is 7. The summed E-state index contributed by atoms with van der Waals surface area (Å²) in [5.74, 6) is 0.862. The van der Waals surface area contributed by atoms with E-state index in [0.717, 1.165) is 43.0 Å². The average Bonchev–Trinajstić information content (AvgIpc) is 3.42. The van der Waals surface area contributed by atoms with E-state index in [1.807, 2.05) is 20.8 Å². The molecule has 3 aliphatic heterocycles. The SMILES string of the molecule is [C-]#[N+]CC1CN(c2nc(OC[C@@H]3CCCN3C)nc3c2CCN(c2cccc4ccccc24)C3)CCN1C(=O)OC(C)(C)C. The van der Waals surface area contributed by atoms with Gasteiger partial charge < -0.3 is 29.0 Å². The van der Waals surface area contributed by atoms with Crippen LogP contribution in [0.3, 0.4) is 0 Å². The summed E-state index contributed by atoms with van der Waals surface area (Å²) in [5.41, 5.74) is 2.70. The fourth-order valence-corrected chi connectivity index (χ4v) is 6.64. The van der Waals surface area contributed by atoms with Crippen molar-refractivity contribution in [1.29, 1.82) is 0 Å². The molecular weight excluding hydrogens is 554 g/mol. The third-order valence-corrected chi connectivity index (χ3v) is 8.92. The molecule has 10 nitrogen and oxygen atoms in total. The minimum Gasteiger partial charge on any atom is -0.462 e. The van der Waals surface area contributed by atoms with Gasteiger partial charge in [0.2, 0.25) is 6.54 Å². The fourth-order valence-electron chi connectivity index (χ4n) is 6.64. The number of likely N-dealkylation sites (N-methyl/N-ethyl adjacent to an activating group) is 1. The van der Waals surface area contributed by atoms with Gasteiger partial charge in [-0.3, -0.25) is 4.90 Å². The van der Waals surface area contributed by atoms with E-state index in [0.29, 0.717) is 44.8 Å². The van der Waals surface area contributed by atoms with Gasteiger partial charge in [-0.25, -0.2) is 11.4 Å². The molecule has 4 heterocycles. The lowest BCUT2D eigenvalue weighted by atomic mass is 10.0. The largest absolute Gasteiger partial charge is 0.462 e. The summed E-state index contributed by atoms with van der Waals surface area (Å²) in [6.45, 7) is 18.1. The van der Waals surface area contributed by atoms with Gasteiger partial charge in [-0.05, 0) is 65.1 Å². The number of aromatic nitrogens is 2. The van der Waals surface area contributed by atoms with Crippen molar-refractivity contribution in [3.8, 4) is 6.01 Å². The van der Waals surface area contributed by atoms with E-state index >= 15 is 0 Å². The topological polar surface area (TPSA) is 78.6 Å². The fraction of sp³-hybridized carbons (Fsp3) is 0.529. The van der Waals surface area contributed by atoms with Crippen molar-refractivity contribution in [3.63, 3.8) is 0 Å². The maximum atomic E-state index is 13.1. The first-order valence-electron chi connectivity index (χ1n) is 15.7. The number of carbonyl (C=O) groups excluding carboxylic acids is 1. The maximum absolute atomic E-state index is 13.1. The van der Waals surface area contributed by atoms with Crippen LogP contribution in [0.1, 0.15) is 44.9 Å². The molecule has 2 atom stereocenters. The van der Waals surface area contributed by atoms with Crippen LogP contribution in [0.2, 0.25) is 0 Å². The Balaban J connectivity index is 1.30. The number of anilines is 2. The van der Waals surface area contributed by atoms with E-state index < -0.39 is 5.60 Å². The highest BCUT2D eigenvalue weighted by Crippen LogP contribution is 2.35. The molecule has 2 fully saturated rings. The summed E-state index contributed by atoms with van der Waals surface area (Å²) in [5, 5.41) is 2.45. The maximum Gasteiger partial charge on any atom is 0.410 e. The Morgan fingerprint density at radius 3 is 2.61 bits per heavy atom. The lowest BCUT2D eigenvalue weighted by molar-refractivity contribution is 0.0155. The second-order valence-corrected chi connectivity index (χ2v) is 13.1. The number of carbonyl (C=O) groups is 1. The first kappa shape index (κ1) is 29.9. The molecule has 232 valence electrons. The van der Waals surface area contributed by atoms with Gasteiger partial charge in [0.1, 0.15) is 24.1 Å². The molecule has 1 unspecified atom stereocenters. The van der Waals surface area contributed by atoms with Gasteiger partial charge in [-0.1, -0.05) is 36.4 Å². The van der Waals surface area contributed by atoms with Gasteiger partial charge in [0, 0.05) is 48.9 Å². The number of hydrogen-bond acceptors (Lipinski definition) is 8. The van der Waals surface area contributed by atoms with Crippen LogP contribution in [0.4, 0.5) is 16.3 Å². The van der Waals surface area contributed by atoms with Crippen LogP contribution in [-0.2, 0) is 17.7 Å². The molecule has 3 aromatic rings. The number of piperazine rings is 1. The smallest absolute Gasteiger partial charge is 0.410 e. The third-order valence-electron chi connectivity index (χ3n) is 8.92. The molecule has 0 N–H and O–H groups in total. The molecule has 1 aromatic heterocycles. The second kappa shape index (κ2) is 12.5. The summed E-state index contributed by atoms with van der Waals surface area (Å²) in [7, 11) is 2.14. The van der Waals surface area contributed by atoms with Gasteiger partial charge in [0.25, 0.3) is 0 Å². The molecule has 0 radical (unpaired) electrons. The Bertz CT molecular complexity index is 1540. The van der Waals surface area contributed by atoms with E-state index in [4.69, 9.17) is 26.0 Å². The van der Waals surface area contributed by atoms with Crippen molar-refractivity contribution in [2.24, 2.45) is 0 Å². The predicted octanol–water partition coefficient (Wildman–Crippen LogP) is 5.01. The van der Waals surface area contributed by atoms with Crippen LogP contribution in [0.25, 0.3) is 15.6 Å². The molecule has 1 amide bonds. The Labute approximate surface area is 260 Å². The molecule has 0 aliphatic carbocycles. The molecule has 44 heavy (non-hydrogen) atoms. The van der Waals surface area contributed by atoms with Crippen LogP contribution >= 0.6 is 0 Å². The molecule has 10 heteroatoms. The summed E-state index contributed by atoms with van der Waals surface area (Å²) in [4.78, 5) is 35.4. The van der Waals surface area contributed by atoms with Gasteiger partial charge in [0.05, 0.1) is 12.2 Å². The van der Waals surface area contributed by atoms with E-state index in [1.165, 1.54) is 22.9 Å². The average molecular weight is 598 g/mol. The number of ether oxygens (including phenoxy) is 2. The first-order chi connectivity index (χ1) is 21.2. The van der Waals surface area contributed by atoms with Crippen molar-refractivity contribution in [3.05, 3.63) is 65.1 Å². The van der Waals surface area contributed by atoms with Gasteiger partial charge in [-0.15, -0.1) is 0 Å². The number of hydrogen-bond donors (Lipinski definition) is 0. The Morgan fingerprint density at radius 1 is 1.02 bits per heavy atom. The first-order valence-corrected chi connectivity index (χ1v) is 15.7. The Morgan fingerprint density at radius 2 is 1.84 bits per heavy atom. The summed E-state index contributed by atoms with van der Waals surface area (Å²) in [6, 6.07) is 15.4. The highest BCUT2D eigenvalue weighted by Gasteiger charge is 2.37. The zero-order valence-electron chi connectivity index (χ0n) is 26.3. The number of benzene rings is 2. The van der Waals surface area contributed by atoms with Crippen molar-refractivity contribution < 1.29 is 14.3 Å². The lowest BCUT2D eigenvalue weighted by Crippen LogP contribution is -2.57. The summed E-state index contributed by atoms with van der Waals surface area (Å²) < 4.78 is 12.0. The molecule has 2 aromatic carbocycles. The number of likely N-dealkylation sites (tertiary alicyclic amines) is 1. The zero-order valence-corrected chi connectivity index (χ0v) is 26.3. The van der Waals surface area contributed by atoms with E-state index in [2.05, 4.69) is 69.1 Å². The molecule has 3 aliphatic rings. The summed E-state index contributed by atoms with van der Waals surface area (Å²) in [6.07, 6.45) is 2.70. The molecule has 6 rings (SSSR count). The normalized spacial score (nSPS) is 20.8. The zero-order chi connectivity index (χ0) is 30.8. The molecule has 0 bridgehead atoms. The quantitative estimate of drug-likeness (QED) is 0.367. The highest BCUT2D eigenvalue weighted by molar-refractivity contribution is 5.94. The van der Waals surface area contributed by atoms with Crippen LogP contribution < -0.4 is 14.5 Å². The number of amides is 1. The Kier molecular flexibility index (Phi) is 8.50. The van der Waals surface area contributed by atoms with E-state index in [1.54, 1.807) is 4.90 Å². The number of fused-ring (bicyclic) bond motifs is 2. The predicted molar refractivity (Wildman–Crippen MR) is 172 cm³/mol. The van der Waals surface area contributed by atoms with Crippen LogP contribution in [0.15, 0.2) is 42.5 Å². The van der Waals surface area contributed by atoms with Gasteiger partial charge in [0.15, 0.2) is 0 Å². The minimum atomic E-state index is -0.599. The summed E-state index contributed by atoms with van der Waals surface area (Å²) >= 11 is 0. The van der Waals surface area contributed by atoms with Gasteiger partial charge >= 0.3 is 12.1 Å². The monoisotopic (exact) mass is 597 g/mol. The Hall–Kier alpha value is -4.10. The van der Waals surface area contributed by atoms with Crippen molar-refractivity contribution in [2.45, 2.75) is 64.3 Å². The number of rotatable bonds is 6. The van der Waals surface area contributed by atoms with Crippen LogP contribution in [-0.4, -0.2) is 96.5 Å². The molecular formula is C34H43N7O3. The van der Waals surface area contributed by atoms with Crippen LogP contribution in [0, 0.1) is 6.57 Å². The molecule has 2 saturated heterocycles. The third kappa shape index (κ3) is 6.39. The van der Waals surface area contributed by atoms with Crippen molar-refractivity contribution in [2.75, 3.05) is 62.7 Å². The lowest BCUT2D eigenvalue weighted by Gasteiger charge is -2.41. The molecule has 0 spiro atoms. The molecule has 0 saturated carbocycles. The van der Waals surface area contributed by atoms with Gasteiger partial charge in [-0.2, -0.15) is 9.97 Å². The second-order valence-electron chi connectivity index (χ2n) is 13.1. The standard InChI is InChI=1S/C34H43N7O3/c1-34(2,3)44-33(42)41-19-18-40(21-26(41)20-35-4)31-28-15-17-39(30-14-8-11-24-10-6-7-13-27(24)30)22-29(28)36-32(37-31)43-23-25-12-9-16-38(25)5/h6-8,10-11,13-14,25-26H,9,12,15-23H2,1-3,5H3/t25-,26?/m0/s1. The van der Waals surface area contributed by atoms with Crippen LogP contribution in [0.5, 0.6) is 6.01 Å². The highest BCUT2D eigenvalue weighted by atomic mass is 16.6.